The van der Waals surface area contributed by atoms with Crippen LogP contribution in [0.5, 0.6) is 11.5 Å². The lowest BCUT2D eigenvalue weighted by atomic mass is 10.2. The van der Waals surface area contributed by atoms with E-state index < -0.39 is 6.10 Å². The zero-order valence-corrected chi connectivity index (χ0v) is 14.9. The molecule has 128 valence electrons. The third kappa shape index (κ3) is 4.90. The average molecular weight is 348 g/mol. The smallest absolute Gasteiger partial charge is 0.261 e. The van der Waals surface area contributed by atoms with Crippen LogP contribution in [0.2, 0.25) is 5.02 Å². The van der Waals surface area contributed by atoms with Crippen LogP contribution in [0, 0.1) is 6.92 Å². The Kier molecular flexibility index (Phi) is 6.50. The largest absolute Gasteiger partial charge is 0.497 e. The summed E-state index contributed by atoms with van der Waals surface area (Å²) in [6.45, 7) is 4.27. The van der Waals surface area contributed by atoms with Crippen LogP contribution in [-0.2, 0) is 11.3 Å². The van der Waals surface area contributed by atoms with Crippen molar-refractivity contribution in [2.24, 2.45) is 0 Å². The van der Waals surface area contributed by atoms with E-state index in [1.807, 2.05) is 44.2 Å². The van der Waals surface area contributed by atoms with Crippen LogP contribution in [0.4, 0.5) is 0 Å². The van der Waals surface area contributed by atoms with Crippen LogP contribution in [0.1, 0.15) is 24.5 Å². The Hall–Kier alpha value is -2.20. The van der Waals surface area contributed by atoms with Crippen molar-refractivity contribution < 1.29 is 14.3 Å². The molecule has 0 fully saturated rings. The van der Waals surface area contributed by atoms with Crippen molar-refractivity contribution in [2.75, 3.05) is 7.11 Å². The van der Waals surface area contributed by atoms with Crippen molar-refractivity contribution in [1.82, 2.24) is 5.32 Å². The summed E-state index contributed by atoms with van der Waals surface area (Å²) in [6, 6.07) is 13.0. The van der Waals surface area contributed by atoms with E-state index in [0.29, 0.717) is 23.7 Å². The molecule has 0 unspecified atom stereocenters. The molecule has 1 amide bonds. The first-order chi connectivity index (χ1) is 11.5. The molecule has 0 bridgehead atoms. The number of ether oxygens (including phenoxy) is 2. The first-order valence-corrected chi connectivity index (χ1v) is 8.24. The van der Waals surface area contributed by atoms with Gasteiger partial charge in [-0.1, -0.05) is 30.7 Å². The van der Waals surface area contributed by atoms with Crippen LogP contribution >= 0.6 is 11.6 Å². The maximum absolute atomic E-state index is 12.3. The first kappa shape index (κ1) is 18.1. The van der Waals surface area contributed by atoms with Gasteiger partial charge in [-0.3, -0.25) is 4.79 Å². The number of hydrogen-bond donors (Lipinski definition) is 1. The highest BCUT2D eigenvalue weighted by Gasteiger charge is 2.18. The molecule has 2 aromatic carbocycles. The molecule has 0 aromatic heterocycles. The Balaban J connectivity index is 1.93. The van der Waals surface area contributed by atoms with Crippen LogP contribution in [0.25, 0.3) is 0 Å². The summed E-state index contributed by atoms with van der Waals surface area (Å²) in [5.74, 6) is 1.29. The van der Waals surface area contributed by atoms with E-state index in [1.54, 1.807) is 19.2 Å². The van der Waals surface area contributed by atoms with Gasteiger partial charge in [0.15, 0.2) is 6.10 Å². The normalized spacial score (nSPS) is 11.7. The third-order valence-electron chi connectivity index (χ3n) is 3.70. The Morgan fingerprint density at radius 2 is 1.83 bits per heavy atom. The Labute approximate surface area is 147 Å². The standard InChI is InChI=1S/C19H22ClNO3/c1-4-18(24-16-9-10-17(20)13(2)11-16)19(22)21-12-14-5-7-15(23-3)8-6-14/h5-11,18H,4,12H2,1-3H3,(H,21,22)/t18-/m1/s1. The summed E-state index contributed by atoms with van der Waals surface area (Å²) in [5.41, 5.74) is 1.92. The number of amides is 1. The van der Waals surface area contributed by atoms with Crippen LogP contribution in [-0.4, -0.2) is 19.1 Å². The molecule has 0 heterocycles. The molecule has 0 saturated carbocycles. The van der Waals surface area contributed by atoms with Gasteiger partial charge in [-0.25, -0.2) is 0 Å². The van der Waals surface area contributed by atoms with Crippen molar-refractivity contribution >= 4 is 17.5 Å². The van der Waals surface area contributed by atoms with E-state index in [0.717, 1.165) is 16.9 Å². The number of benzene rings is 2. The van der Waals surface area contributed by atoms with Gasteiger partial charge < -0.3 is 14.8 Å². The predicted octanol–water partition coefficient (Wildman–Crippen LogP) is 4.13. The van der Waals surface area contributed by atoms with E-state index in [1.165, 1.54) is 0 Å². The second-order valence-electron chi connectivity index (χ2n) is 5.49. The summed E-state index contributed by atoms with van der Waals surface area (Å²) in [6.07, 6.45) is 0.0414. The number of rotatable bonds is 7. The molecule has 1 N–H and O–H groups in total. The zero-order chi connectivity index (χ0) is 17.5. The molecule has 0 spiro atoms. The van der Waals surface area contributed by atoms with Gasteiger partial charge in [-0.2, -0.15) is 0 Å². The summed E-state index contributed by atoms with van der Waals surface area (Å²) >= 11 is 6.01. The number of nitrogens with one attached hydrogen (secondary N) is 1. The highest BCUT2D eigenvalue weighted by Crippen LogP contribution is 2.22. The molecule has 0 aliphatic rings. The van der Waals surface area contributed by atoms with Crippen LogP contribution < -0.4 is 14.8 Å². The molecule has 0 aliphatic carbocycles. The molecule has 2 rings (SSSR count). The molecule has 5 heteroatoms. The lowest BCUT2D eigenvalue weighted by molar-refractivity contribution is -0.128. The molecule has 4 nitrogen and oxygen atoms in total. The van der Waals surface area contributed by atoms with Crippen LogP contribution in [0.3, 0.4) is 0 Å². The maximum atomic E-state index is 12.3. The molecular formula is C19H22ClNO3. The summed E-state index contributed by atoms with van der Waals surface area (Å²) in [5, 5.41) is 3.58. The molecular weight excluding hydrogens is 326 g/mol. The topological polar surface area (TPSA) is 47.6 Å². The second-order valence-corrected chi connectivity index (χ2v) is 5.90. The molecule has 1 atom stereocenters. The fourth-order valence-electron chi connectivity index (χ4n) is 2.22. The maximum Gasteiger partial charge on any atom is 0.261 e. The lowest BCUT2D eigenvalue weighted by Gasteiger charge is -2.18. The molecule has 0 radical (unpaired) electrons. The zero-order valence-electron chi connectivity index (χ0n) is 14.1. The number of methoxy groups -OCH3 is 1. The van der Waals surface area contributed by atoms with Crippen molar-refractivity contribution in [3.63, 3.8) is 0 Å². The van der Waals surface area contributed by atoms with Gasteiger partial charge in [0.25, 0.3) is 5.91 Å². The average Bonchev–Trinajstić information content (AvgIpc) is 2.61. The summed E-state index contributed by atoms with van der Waals surface area (Å²) < 4.78 is 10.9. The first-order valence-electron chi connectivity index (χ1n) is 7.87. The fraction of sp³-hybridized carbons (Fsp3) is 0.316. The summed E-state index contributed by atoms with van der Waals surface area (Å²) in [7, 11) is 1.62. The van der Waals surface area contributed by atoms with Gasteiger partial charge >= 0.3 is 0 Å². The van der Waals surface area contributed by atoms with Gasteiger partial charge in [0.1, 0.15) is 11.5 Å². The van der Waals surface area contributed by atoms with E-state index >= 15 is 0 Å². The minimum absolute atomic E-state index is 0.138. The lowest BCUT2D eigenvalue weighted by Crippen LogP contribution is -2.37. The summed E-state index contributed by atoms with van der Waals surface area (Å²) in [4.78, 5) is 12.3. The number of carbonyl (C=O) groups is 1. The Morgan fingerprint density at radius 3 is 2.42 bits per heavy atom. The van der Waals surface area contributed by atoms with Gasteiger partial charge in [-0.05, 0) is 54.8 Å². The molecule has 0 aliphatic heterocycles. The van der Waals surface area contributed by atoms with Crippen molar-refractivity contribution in [3.8, 4) is 11.5 Å². The minimum atomic E-state index is -0.538. The molecule has 24 heavy (non-hydrogen) atoms. The van der Waals surface area contributed by atoms with E-state index in [9.17, 15) is 4.79 Å². The fourth-order valence-corrected chi connectivity index (χ4v) is 2.34. The third-order valence-corrected chi connectivity index (χ3v) is 4.12. The quantitative estimate of drug-likeness (QED) is 0.819. The number of aryl methyl sites for hydroxylation is 1. The SMILES string of the molecule is CC[C@@H](Oc1ccc(Cl)c(C)c1)C(=O)NCc1ccc(OC)cc1. The van der Waals surface area contributed by atoms with E-state index in [4.69, 9.17) is 21.1 Å². The minimum Gasteiger partial charge on any atom is -0.497 e. The Morgan fingerprint density at radius 1 is 1.17 bits per heavy atom. The number of hydrogen-bond acceptors (Lipinski definition) is 3. The van der Waals surface area contributed by atoms with Crippen LogP contribution in [0.15, 0.2) is 42.5 Å². The van der Waals surface area contributed by atoms with Crippen molar-refractivity contribution in [2.45, 2.75) is 32.9 Å². The number of halogens is 1. The van der Waals surface area contributed by atoms with E-state index in [2.05, 4.69) is 5.32 Å². The van der Waals surface area contributed by atoms with Gasteiger partial charge in [0.05, 0.1) is 7.11 Å². The highest BCUT2D eigenvalue weighted by atomic mass is 35.5. The van der Waals surface area contributed by atoms with Crippen molar-refractivity contribution in [3.05, 3.63) is 58.6 Å². The van der Waals surface area contributed by atoms with Gasteiger partial charge in [0, 0.05) is 11.6 Å². The van der Waals surface area contributed by atoms with E-state index in [-0.39, 0.29) is 5.91 Å². The second kappa shape index (κ2) is 8.60. The monoisotopic (exact) mass is 347 g/mol. The van der Waals surface area contributed by atoms with Gasteiger partial charge in [0.2, 0.25) is 0 Å². The Bertz CT molecular complexity index is 686. The molecule has 2 aromatic rings. The highest BCUT2D eigenvalue weighted by molar-refractivity contribution is 6.31. The number of carbonyl (C=O) groups excluding carboxylic acids is 1. The predicted molar refractivity (Wildman–Crippen MR) is 95.7 cm³/mol. The van der Waals surface area contributed by atoms with Gasteiger partial charge in [-0.15, -0.1) is 0 Å². The molecule has 0 saturated heterocycles. The van der Waals surface area contributed by atoms with Crippen molar-refractivity contribution in [1.29, 1.82) is 0 Å².